The van der Waals surface area contributed by atoms with Gasteiger partial charge in [0.1, 0.15) is 0 Å². The van der Waals surface area contributed by atoms with Gasteiger partial charge in [-0.2, -0.15) is 0 Å². The molecular weight excluding hydrogens is 490 g/mol. The van der Waals surface area contributed by atoms with Crippen molar-refractivity contribution in [3.05, 3.63) is 53.4 Å². The fraction of sp³-hybridized carbons (Fsp3) is 0.261. The molecule has 2 heterocycles. The van der Waals surface area contributed by atoms with Crippen LogP contribution in [0.4, 0.5) is 5.13 Å². The van der Waals surface area contributed by atoms with Crippen LogP contribution in [0.3, 0.4) is 0 Å². The summed E-state index contributed by atoms with van der Waals surface area (Å²) < 4.78 is 25.3. The summed E-state index contributed by atoms with van der Waals surface area (Å²) in [6, 6.07) is 12.8. The number of nitrogens with one attached hydrogen (secondary N) is 1. The number of nitrogens with two attached hydrogens (primary N) is 1. The fourth-order valence-corrected chi connectivity index (χ4v) is 5.70. The molecule has 0 unspecified atom stereocenters. The lowest BCUT2D eigenvalue weighted by Gasteiger charge is -2.11. The molecule has 1 atom stereocenters. The third kappa shape index (κ3) is 5.17. The number of fused-ring (bicyclic) bond motifs is 1. The van der Waals surface area contributed by atoms with Crippen LogP contribution in [-0.4, -0.2) is 34.1 Å². The van der Waals surface area contributed by atoms with Gasteiger partial charge in [-0.05, 0) is 44.0 Å². The van der Waals surface area contributed by atoms with Gasteiger partial charge in [0, 0.05) is 17.5 Å². The molecule has 0 saturated heterocycles. The summed E-state index contributed by atoms with van der Waals surface area (Å²) in [6.07, 6.45) is 0.979. The summed E-state index contributed by atoms with van der Waals surface area (Å²) in [6.45, 7) is 6.50. The number of aromatic nitrogens is 3. The molecule has 0 aliphatic carbocycles. The van der Waals surface area contributed by atoms with E-state index in [1.54, 1.807) is 13.0 Å². The number of carbonyl (C=O) groups excluding carboxylic acids is 1. The minimum atomic E-state index is -3.82. The van der Waals surface area contributed by atoms with Crippen molar-refractivity contribution in [3.63, 3.8) is 0 Å². The molecule has 0 aliphatic rings. The van der Waals surface area contributed by atoms with Crippen molar-refractivity contribution in [2.45, 2.75) is 49.0 Å². The molecule has 3 N–H and O–H groups in total. The number of hydrogen-bond donors (Lipinski definition) is 2. The molecule has 0 spiro atoms. The van der Waals surface area contributed by atoms with Gasteiger partial charge >= 0.3 is 0 Å². The number of sulfonamides is 1. The summed E-state index contributed by atoms with van der Waals surface area (Å²) in [4.78, 5) is 22.0. The number of aryl methyl sites for hydroxylation is 2. The number of thiazole rings is 1. The Bertz CT molecular complexity index is 1440. The van der Waals surface area contributed by atoms with Crippen LogP contribution in [-0.2, 0) is 27.8 Å². The maximum Gasteiger partial charge on any atom is 0.239 e. The number of hydrogen-bond acceptors (Lipinski definition) is 7. The first-order valence-electron chi connectivity index (χ1n) is 10.7. The Morgan fingerprint density at radius 2 is 1.91 bits per heavy atom. The average Bonchev–Trinajstić information content (AvgIpc) is 3.41. The maximum atomic E-state index is 12.8. The predicted octanol–water partition coefficient (Wildman–Crippen LogP) is 4.51. The number of amides is 1. The molecule has 2 aromatic heterocycles. The van der Waals surface area contributed by atoms with Crippen molar-refractivity contribution >= 4 is 55.2 Å². The van der Waals surface area contributed by atoms with Gasteiger partial charge in [0.25, 0.3) is 0 Å². The molecule has 0 radical (unpaired) electrons. The second-order valence-corrected chi connectivity index (χ2v) is 11.4. The second kappa shape index (κ2) is 9.87. The largest absolute Gasteiger partial charge is 0.319 e. The maximum absolute atomic E-state index is 12.8. The molecule has 11 heteroatoms. The van der Waals surface area contributed by atoms with Gasteiger partial charge in [0.05, 0.1) is 26.9 Å². The van der Waals surface area contributed by atoms with Crippen LogP contribution >= 0.6 is 23.1 Å². The molecule has 178 valence electrons. The molecule has 34 heavy (non-hydrogen) atoms. The van der Waals surface area contributed by atoms with E-state index in [0.29, 0.717) is 22.3 Å². The number of thioether (sulfide) groups is 1. The topological polar surface area (TPSA) is 120 Å². The highest BCUT2D eigenvalue weighted by Crippen LogP contribution is 2.30. The third-order valence-corrected chi connectivity index (χ3v) is 8.13. The summed E-state index contributed by atoms with van der Waals surface area (Å²) in [5.74, 6) is -0.188. The standard InChI is InChI=1S/C23H25N5O3S3/c1-4-15-6-8-16(9-7-15)19-13-32-22(25-19)27-21(29)14(3)33-23-26-18-12-17(34(24,30)31)10-11-20(18)28(23)5-2/h6-14H,4-5H2,1-3H3,(H2,24,30,31)(H,25,27,29)/t14-/m1/s1. The first-order chi connectivity index (χ1) is 16.2. The minimum absolute atomic E-state index is 0.00648. The molecule has 0 saturated carbocycles. The van der Waals surface area contributed by atoms with Crippen LogP contribution in [0, 0.1) is 0 Å². The molecule has 2 aromatic carbocycles. The first kappa shape index (κ1) is 24.4. The van der Waals surface area contributed by atoms with Crippen LogP contribution in [0.1, 0.15) is 26.3 Å². The molecule has 0 bridgehead atoms. The minimum Gasteiger partial charge on any atom is -0.319 e. The molecule has 4 aromatic rings. The van der Waals surface area contributed by atoms with E-state index < -0.39 is 15.3 Å². The zero-order valence-electron chi connectivity index (χ0n) is 19.0. The number of primary sulfonamides is 1. The average molecular weight is 516 g/mol. The van der Waals surface area contributed by atoms with E-state index in [2.05, 4.69) is 34.3 Å². The predicted molar refractivity (Wildman–Crippen MR) is 138 cm³/mol. The smallest absolute Gasteiger partial charge is 0.239 e. The van der Waals surface area contributed by atoms with Gasteiger partial charge < -0.3 is 9.88 Å². The van der Waals surface area contributed by atoms with Crippen molar-refractivity contribution in [1.29, 1.82) is 0 Å². The molecular formula is C23H25N5O3S3. The number of nitrogens with zero attached hydrogens (tertiary/aromatic N) is 3. The summed E-state index contributed by atoms with van der Waals surface area (Å²) in [5.41, 5.74) is 4.39. The van der Waals surface area contributed by atoms with E-state index in [0.717, 1.165) is 23.2 Å². The summed E-state index contributed by atoms with van der Waals surface area (Å²) >= 11 is 2.68. The first-order valence-corrected chi connectivity index (χ1v) is 14.1. The second-order valence-electron chi connectivity index (χ2n) is 7.67. The third-order valence-electron chi connectivity index (χ3n) is 5.37. The Hall–Kier alpha value is -2.73. The summed E-state index contributed by atoms with van der Waals surface area (Å²) in [7, 11) is -3.82. The van der Waals surface area contributed by atoms with Crippen molar-refractivity contribution in [1.82, 2.24) is 14.5 Å². The molecule has 4 rings (SSSR count). The number of benzene rings is 2. The lowest BCUT2D eigenvalue weighted by Crippen LogP contribution is -2.22. The lowest BCUT2D eigenvalue weighted by atomic mass is 10.1. The zero-order chi connectivity index (χ0) is 24.5. The molecule has 0 fully saturated rings. The van der Waals surface area contributed by atoms with E-state index >= 15 is 0 Å². The number of imidazole rings is 1. The Labute approximate surface area is 206 Å². The van der Waals surface area contributed by atoms with Crippen LogP contribution in [0.2, 0.25) is 0 Å². The highest BCUT2D eigenvalue weighted by molar-refractivity contribution is 8.00. The monoisotopic (exact) mass is 515 g/mol. The molecule has 0 aliphatic heterocycles. The van der Waals surface area contributed by atoms with Gasteiger partial charge in [0.2, 0.25) is 15.9 Å². The van der Waals surface area contributed by atoms with Crippen LogP contribution in [0.25, 0.3) is 22.3 Å². The van der Waals surface area contributed by atoms with Gasteiger partial charge in [0.15, 0.2) is 10.3 Å². The highest BCUT2D eigenvalue weighted by Gasteiger charge is 2.21. The Kier molecular flexibility index (Phi) is 7.08. The van der Waals surface area contributed by atoms with Crippen LogP contribution in [0.5, 0.6) is 0 Å². The lowest BCUT2D eigenvalue weighted by molar-refractivity contribution is -0.115. The van der Waals surface area contributed by atoms with Crippen molar-refractivity contribution in [3.8, 4) is 11.3 Å². The van der Waals surface area contributed by atoms with E-state index in [1.807, 2.05) is 29.0 Å². The van der Waals surface area contributed by atoms with E-state index in [1.165, 1.54) is 40.8 Å². The van der Waals surface area contributed by atoms with Gasteiger partial charge in [-0.3, -0.25) is 4.79 Å². The van der Waals surface area contributed by atoms with E-state index in [-0.39, 0.29) is 10.8 Å². The fourth-order valence-electron chi connectivity index (χ4n) is 3.45. The number of carbonyl (C=O) groups is 1. The molecule has 1 amide bonds. The molecule has 8 nitrogen and oxygen atoms in total. The Balaban J connectivity index is 1.49. The number of anilines is 1. The van der Waals surface area contributed by atoms with E-state index in [4.69, 9.17) is 5.14 Å². The van der Waals surface area contributed by atoms with E-state index in [9.17, 15) is 13.2 Å². The van der Waals surface area contributed by atoms with Crippen molar-refractivity contribution in [2.75, 3.05) is 5.32 Å². The van der Waals surface area contributed by atoms with Crippen LogP contribution in [0.15, 0.2) is 57.9 Å². The quantitative estimate of drug-likeness (QED) is 0.333. The van der Waals surface area contributed by atoms with Crippen molar-refractivity contribution in [2.24, 2.45) is 5.14 Å². The highest BCUT2D eigenvalue weighted by atomic mass is 32.2. The summed E-state index contributed by atoms with van der Waals surface area (Å²) in [5, 5.41) is 10.8. The van der Waals surface area contributed by atoms with Crippen LogP contribution < -0.4 is 10.5 Å². The SMILES string of the molecule is CCc1ccc(-c2csc(NC(=O)[C@@H](C)Sc3nc4cc(S(N)(=O)=O)ccc4n3CC)n2)cc1. The van der Waals surface area contributed by atoms with Gasteiger partial charge in [-0.15, -0.1) is 11.3 Å². The Morgan fingerprint density at radius 3 is 2.56 bits per heavy atom. The Morgan fingerprint density at radius 1 is 1.18 bits per heavy atom. The van der Waals surface area contributed by atoms with Gasteiger partial charge in [-0.1, -0.05) is 43.0 Å². The zero-order valence-corrected chi connectivity index (χ0v) is 21.4. The number of rotatable bonds is 8. The van der Waals surface area contributed by atoms with Crippen molar-refractivity contribution < 1.29 is 13.2 Å². The van der Waals surface area contributed by atoms with Gasteiger partial charge in [-0.25, -0.2) is 23.5 Å². The normalized spacial score (nSPS) is 12.7.